The molecule has 38 heavy (non-hydrogen) atoms. The van der Waals surface area contributed by atoms with Crippen LogP contribution in [0.25, 0.3) is 0 Å². The zero-order valence-electron chi connectivity index (χ0n) is 26.8. The lowest BCUT2D eigenvalue weighted by molar-refractivity contribution is -0.0760. The van der Waals surface area contributed by atoms with Crippen molar-refractivity contribution >= 4 is 12.6 Å². The van der Waals surface area contributed by atoms with E-state index in [0.29, 0.717) is 0 Å². The van der Waals surface area contributed by atoms with E-state index in [1.54, 1.807) is 0 Å². The van der Waals surface area contributed by atoms with Crippen molar-refractivity contribution in [3.63, 3.8) is 0 Å². The smallest absolute Gasteiger partial charge is 0.128 e. The van der Waals surface area contributed by atoms with Gasteiger partial charge in [0.05, 0.1) is 5.60 Å². The summed E-state index contributed by atoms with van der Waals surface area (Å²) in [6.45, 7) is 4.60. The molecule has 0 aliphatic rings. The molecular formula is C35H71O2S. The van der Waals surface area contributed by atoms with Gasteiger partial charge in [-0.15, -0.1) is 0 Å². The first-order valence-electron chi connectivity index (χ1n) is 17.3. The van der Waals surface area contributed by atoms with E-state index in [0.717, 1.165) is 25.0 Å². The van der Waals surface area contributed by atoms with Gasteiger partial charge in [-0.05, 0) is 31.4 Å². The average molecular weight is 556 g/mol. The highest BCUT2D eigenvalue weighted by Gasteiger charge is 2.39. The normalized spacial score (nSPS) is 12.2. The minimum atomic E-state index is -0.186. The summed E-state index contributed by atoms with van der Waals surface area (Å²) in [6, 6.07) is 0. The van der Waals surface area contributed by atoms with Gasteiger partial charge in [0.2, 0.25) is 0 Å². The predicted molar refractivity (Wildman–Crippen MR) is 174 cm³/mol. The lowest BCUT2D eigenvalue weighted by Gasteiger charge is -2.38. The third-order valence-corrected chi connectivity index (χ3v) is 8.89. The first kappa shape index (κ1) is 38.3. The van der Waals surface area contributed by atoms with Crippen LogP contribution in [0.5, 0.6) is 0 Å². The van der Waals surface area contributed by atoms with Crippen LogP contribution in [-0.4, -0.2) is 25.6 Å². The number of hydrogen-bond acceptors (Lipinski definition) is 3. The molecule has 2 nitrogen and oxygen atoms in total. The molecule has 0 saturated carbocycles. The Kier molecular flexibility index (Phi) is 30.4. The fraction of sp³-hybridized carbons (Fsp3) is 0.971. The Morgan fingerprint density at radius 1 is 0.474 bits per heavy atom. The summed E-state index contributed by atoms with van der Waals surface area (Å²) in [4.78, 5) is 0. The first-order chi connectivity index (χ1) is 18.7. The van der Waals surface area contributed by atoms with Gasteiger partial charge in [-0.3, -0.25) is 0 Å². The van der Waals surface area contributed by atoms with E-state index in [-0.39, 0.29) is 5.60 Å². The molecule has 0 heterocycles. The van der Waals surface area contributed by atoms with Gasteiger partial charge in [-0.2, -0.15) is 12.6 Å². The molecule has 0 bridgehead atoms. The molecule has 0 aliphatic carbocycles. The SMILES string of the molecule is CCCCCCCCCCCCCC(CCCCCCCCCCCCC)(OC)[C](CCCCCS)OC. The average Bonchev–Trinajstić information content (AvgIpc) is 2.94. The molecule has 0 rings (SSSR count). The van der Waals surface area contributed by atoms with Gasteiger partial charge >= 0.3 is 0 Å². The van der Waals surface area contributed by atoms with Crippen molar-refractivity contribution in [2.24, 2.45) is 0 Å². The highest BCUT2D eigenvalue weighted by Crippen LogP contribution is 2.39. The predicted octanol–water partition coefficient (Wildman–Crippen LogP) is 12.4. The molecule has 0 amide bonds. The molecule has 0 saturated heterocycles. The second kappa shape index (κ2) is 30.2. The number of unbranched alkanes of at least 4 members (excludes halogenated alkanes) is 22. The van der Waals surface area contributed by atoms with Crippen molar-refractivity contribution in [1.29, 1.82) is 0 Å². The second-order valence-electron chi connectivity index (χ2n) is 11.9. The van der Waals surface area contributed by atoms with Crippen LogP contribution in [0.1, 0.15) is 194 Å². The Labute approximate surface area is 247 Å². The van der Waals surface area contributed by atoms with Crippen molar-refractivity contribution < 1.29 is 9.47 Å². The van der Waals surface area contributed by atoms with Gasteiger partial charge < -0.3 is 9.47 Å². The molecular weight excluding hydrogens is 484 g/mol. The molecule has 0 aromatic carbocycles. The van der Waals surface area contributed by atoms with Gasteiger partial charge in [0.1, 0.15) is 6.10 Å². The first-order valence-corrected chi connectivity index (χ1v) is 17.9. The van der Waals surface area contributed by atoms with Crippen LogP contribution in [0, 0.1) is 6.10 Å². The van der Waals surface area contributed by atoms with Gasteiger partial charge in [-0.25, -0.2) is 0 Å². The van der Waals surface area contributed by atoms with Crippen molar-refractivity contribution in [2.75, 3.05) is 20.0 Å². The summed E-state index contributed by atoms with van der Waals surface area (Å²) < 4.78 is 12.4. The molecule has 229 valence electrons. The summed E-state index contributed by atoms with van der Waals surface area (Å²) in [7, 11) is 3.81. The molecule has 1 radical (unpaired) electrons. The van der Waals surface area contributed by atoms with E-state index in [9.17, 15) is 0 Å². The highest BCUT2D eigenvalue weighted by molar-refractivity contribution is 7.80. The molecule has 0 atom stereocenters. The molecule has 3 heteroatoms. The molecule has 0 unspecified atom stereocenters. The van der Waals surface area contributed by atoms with Gasteiger partial charge in [0, 0.05) is 14.2 Å². The maximum Gasteiger partial charge on any atom is 0.128 e. The standard InChI is InChI=1S/C35H71O2S/c1-5-7-9-11-13-15-17-19-21-23-27-31-35(37-4,34(36-3)30-26-25-29-33-38)32-28-24-22-20-18-16-14-12-10-8-6-2/h38H,5-33H2,1-4H3. The Balaban J connectivity index is 4.41. The van der Waals surface area contributed by atoms with Crippen LogP contribution in [0.2, 0.25) is 0 Å². The summed E-state index contributed by atoms with van der Waals surface area (Å²) in [5.41, 5.74) is -0.186. The van der Waals surface area contributed by atoms with Gasteiger partial charge in [0.25, 0.3) is 0 Å². The van der Waals surface area contributed by atoms with E-state index in [4.69, 9.17) is 9.47 Å². The fourth-order valence-electron chi connectivity index (χ4n) is 5.96. The minimum Gasteiger partial charge on any atom is -0.375 e. The summed E-state index contributed by atoms with van der Waals surface area (Å²) in [5.74, 6) is 0.981. The summed E-state index contributed by atoms with van der Waals surface area (Å²) in [6.07, 6.45) is 38.6. The molecule has 0 spiro atoms. The zero-order valence-corrected chi connectivity index (χ0v) is 27.7. The third kappa shape index (κ3) is 22.0. The van der Waals surface area contributed by atoms with Crippen molar-refractivity contribution in [1.82, 2.24) is 0 Å². The van der Waals surface area contributed by atoms with E-state index in [2.05, 4.69) is 26.5 Å². The Morgan fingerprint density at radius 3 is 1.13 bits per heavy atom. The maximum atomic E-state index is 6.35. The molecule has 0 fully saturated rings. The van der Waals surface area contributed by atoms with Crippen LogP contribution in [0.3, 0.4) is 0 Å². The van der Waals surface area contributed by atoms with E-state index in [1.165, 1.54) is 167 Å². The minimum absolute atomic E-state index is 0.186. The maximum absolute atomic E-state index is 6.35. The lowest BCUT2D eigenvalue weighted by Crippen LogP contribution is -2.40. The number of ether oxygens (including phenoxy) is 2. The quantitative estimate of drug-likeness (QED) is 0.0657. The Bertz CT molecular complexity index is 416. The number of methoxy groups -OCH3 is 2. The number of thiol groups is 1. The van der Waals surface area contributed by atoms with Gasteiger partial charge in [-0.1, -0.05) is 168 Å². The van der Waals surface area contributed by atoms with Crippen molar-refractivity contribution in [3.8, 4) is 0 Å². The largest absolute Gasteiger partial charge is 0.375 e. The van der Waals surface area contributed by atoms with E-state index in [1.807, 2.05) is 14.2 Å². The third-order valence-electron chi connectivity index (χ3n) is 8.58. The van der Waals surface area contributed by atoms with Crippen LogP contribution in [0.15, 0.2) is 0 Å². The second-order valence-corrected chi connectivity index (χ2v) is 12.4. The molecule has 0 aromatic rings. The van der Waals surface area contributed by atoms with E-state index >= 15 is 0 Å². The molecule has 0 aliphatic heterocycles. The van der Waals surface area contributed by atoms with E-state index < -0.39 is 0 Å². The zero-order chi connectivity index (χ0) is 28.0. The lowest BCUT2D eigenvalue weighted by atomic mass is 9.82. The van der Waals surface area contributed by atoms with Crippen molar-refractivity contribution in [3.05, 3.63) is 6.10 Å². The topological polar surface area (TPSA) is 18.5 Å². The summed E-state index contributed by atoms with van der Waals surface area (Å²) >= 11 is 4.39. The molecule has 0 aromatic heterocycles. The van der Waals surface area contributed by atoms with Crippen molar-refractivity contribution in [2.45, 2.75) is 199 Å². The molecule has 0 N–H and O–H groups in total. The van der Waals surface area contributed by atoms with Gasteiger partial charge in [0.15, 0.2) is 0 Å². The van der Waals surface area contributed by atoms with Crippen LogP contribution in [0.4, 0.5) is 0 Å². The summed E-state index contributed by atoms with van der Waals surface area (Å²) in [5, 5.41) is 0. The number of rotatable bonds is 32. The van der Waals surface area contributed by atoms with Crippen LogP contribution >= 0.6 is 12.6 Å². The monoisotopic (exact) mass is 556 g/mol. The van der Waals surface area contributed by atoms with Crippen LogP contribution in [-0.2, 0) is 9.47 Å². The van der Waals surface area contributed by atoms with Crippen LogP contribution < -0.4 is 0 Å². The number of hydrogen-bond donors (Lipinski definition) is 1. The Morgan fingerprint density at radius 2 is 0.816 bits per heavy atom. The highest BCUT2D eigenvalue weighted by atomic mass is 32.1. The fourth-order valence-corrected chi connectivity index (χ4v) is 6.18. The Hall–Kier alpha value is 0.270.